The third kappa shape index (κ3) is 3.36. The van der Waals surface area contributed by atoms with Crippen LogP contribution in [0.25, 0.3) is 11.2 Å². The van der Waals surface area contributed by atoms with Gasteiger partial charge in [-0.25, -0.2) is 9.97 Å². The lowest BCUT2D eigenvalue weighted by Crippen LogP contribution is -2.25. The Morgan fingerprint density at radius 1 is 1.53 bits per heavy atom. The maximum atomic E-state index is 10.9. The first kappa shape index (κ1) is 14.1. The van der Waals surface area contributed by atoms with E-state index in [0.29, 0.717) is 30.4 Å². The lowest BCUT2D eigenvalue weighted by molar-refractivity contribution is -0.118. The van der Waals surface area contributed by atoms with Crippen LogP contribution < -0.4 is 5.32 Å². The highest BCUT2D eigenvalue weighted by Crippen LogP contribution is 2.18. The number of rotatable bonds is 5. The van der Waals surface area contributed by atoms with Crippen molar-refractivity contribution in [2.75, 3.05) is 12.4 Å². The second-order valence-corrected chi connectivity index (χ2v) is 4.91. The number of hydrogen-bond donors (Lipinski definition) is 1. The van der Waals surface area contributed by atoms with E-state index in [1.54, 1.807) is 12.3 Å². The van der Waals surface area contributed by atoms with Crippen molar-refractivity contribution < 1.29 is 4.79 Å². The van der Waals surface area contributed by atoms with E-state index in [1.807, 2.05) is 4.57 Å². The van der Waals surface area contributed by atoms with E-state index in [1.165, 1.54) is 6.92 Å². The van der Waals surface area contributed by atoms with Gasteiger partial charge in [0.1, 0.15) is 11.3 Å². The first-order valence-electron chi connectivity index (χ1n) is 5.93. The highest BCUT2D eigenvalue weighted by molar-refractivity contribution is 6.31. The molecule has 0 spiro atoms. The van der Waals surface area contributed by atoms with E-state index >= 15 is 0 Å². The van der Waals surface area contributed by atoms with Crippen LogP contribution in [0.5, 0.6) is 0 Å². The molecule has 2 aromatic rings. The number of carbonyl (C=O) groups is 1. The zero-order chi connectivity index (χ0) is 13.8. The first-order valence-corrected chi connectivity index (χ1v) is 6.84. The van der Waals surface area contributed by atoms with E-state index in [2.05, 4.69) is 15.3 Å². The number of halogens is 2. The number of nitrogens with one attached hydrogen (secondary N) is 1. The summed E-state index contributed by atoms with van der Waals surface area (Å²) in [6.45, 7) is 2.63. The van der Waals surface area contributed by atoms with Gasteiger partial charge in [0.05, 0.1) is 5.02 Å². The number of fused-ring (bicyclic) bond motifs is 1. The predicted octanol–water partition coefficient (Wildman–Crippen LogP) is 2.00. The number of carbonyl (C=O) groups excluding carboxylic acids is 1. The number of imidazole rings is 1. The monoisotopic (exact) mass is 300 g/mol. The Bertz CT molecular complexity index is 597. The van der Waals surface area contributed by atoms with Crippen LogP contribution in [0.4, 0.5) is 0 Å². The van der Waals surface area contributed by atoms with E-state index in [9.17, 15) is 4.79 Å². The topological polar surface area (TPSA) is 59.8 Å². The van der Waals surface area contributed by atoms with E-state index in [4.69, 9.17) is 23.2 Å². The van der Waals surface area contributed by atoms with Gasteiger partial charge in [0.2, 0.25) is 5.91 Å². The number of amides is 1. The van der Waals surface area contributed by atoms with Crippen molar-refractivity contribution in [1.29, 1.82) is 0 Å². The van der Waals surface area contributed by atoms with Gasteiger partial charge in [-0.3, -0.25) is 4.79 Å². The molecular weight excluding hydrogens is 287 g/mol. The molecule has 102 valence electrons. The number of aryl methyl sites for hydroxylation is 1. The molecule has 0 aromatic carbocycles. The molecule has 0 saturated carbocycles. The van der Waals surface area contributed by atoms with Gasteiger partial charge >= 0.3 is 0 Å². The molecule has 1 N–H and O–H groups in total. The summed E-state index contributed by atoms with van der Waals surface area (Å²) in [6.07, 6.45) is 2.24. The average molecular weight is 301 g/mol. The fourth-order valence-electron chi connectivity index (χ4n) is 1.89. The van der Waals surface area contributed by atoms with Crippen LogP contribution in [-0.4, -0.2) is 32.9 Å². The Morgan fingerprint density at radius 3 is 3.00 bits per heavy atom. The van der Waals surface area contributed by atoms with Gasteiger partial charge in [0.15, 0.2) is 5.65 Å². The van der Waals surface area contributed by atoms with Crippen molar-refractivity contribution in [3.63, 3.8) is 0 Å². The summed E-state index contributed by atoms with van der Waals surface area (Å²) >= 11 is 11.7. The van der Waals surface area contributed by atoms with Crippen LogP contribution in [-0.2, 0) is 17.8 Å². The Hall–Kier alpha value is -1.33. The van der Waals surface area contributed by atoms with Gasteiger partial charge in [-0.2, -0.15) is 0 Å². The van der Waals surface area contributed by atoms with Crippen LogP contribution in [0.1, 0.15) is 12.7 Å². The summed E-state index contributed by atoms with van der Waals surface area (Å²) in [4.78, 5) is 19.7. The maximum absolute atomic E-state index is 10.9. The van der Waals surface area contributed by atoms with E-state index in [-0.39, 0.29) is 5.91 Å². The third-order valence-electron chi connectivity index (χ3n) is 2.66. The normalized spacial score (nSPS) is 10.9. The molecule has 2 rings (SSSR count). The summed E-state index contributed by atoms with van der Waals surface area (Å²) in [7, 11) is 0. The molecule has 0 aliphatic carbocycles. The molecule has 5 nitrogen and oxygen atoms in total. The second kappa shape index (κ2) is 6.21. The van der Waals surface area contributed by atoms with Crippen molar-refractivity contribution in [3.05, 3.63) is 23.1 Å². The molecule has 2 heterocycles. The molecule has 0 unspecified atom stereocenters. The molecule has 2 aromatic heterocycles. The molecule has 0 bridgehead atoms. The summed E-state index contributed by atoms with van der Waals surface area (Å²) in [6, 6.07) is 1.77. The highest BCUT2D eigenvalue weighted by atomic mass is 35.5. The number of aromatic nitrogens is 3. The maximum Gasteiger partial charge on any atom is 0.216 e. The molecule has 0 aliphatic rings. The molecule has 7 heteroatoms. The summed E-state index contributed by atoms with van der Waals surface area (Å²) in [5, 5.41) is 3.31. The number of nitrogens with zero attached hydrogens (tertiary/aromatic N) is 3. The number of alkyl halides is 1. The largest absolute Gasteiger partial charge is 0.355 e. The predicted molar refractivity (Wildman–Crippen MR) is 75.6 cm³/mol. The number of hydrogen-bond acceptors (Lipinski definition) is 3. The van der Waals surface area contributed by atoms with Gasteiger partial charge in [-0.05, 0) is 6.07 Å². The second-order valence-electron chi connectivity index (χ2n) is 4.10. The van der Waals surface area contributed by atoms with Crippen molar-refractivity contribution in [3.8, 4) is 0 Å². The molecule has 0 radical (unpaired) electrons. The van der Waals surface area contributed by atoms with Gasteiger partial charge < -0.3 is 9.88 Å². The molecule has 0 aliphatic heterocycles. The van der Waals surface area contributed by atoms with Crippen molar-refractivity contribution in [1.82, 2.24) is 19.9 Å². The van der Waals surface area contributed by atoms with E-state index < -0.39 is 0 Å². The summed E-state index contributed by atoms with van der Waals surface area (Å²) in [5.74, 6) is 1.28. The van der Waals surface area contributed by atoms with Gasteiger partial charge in [0, 0.05) is 38.5 Å². The third-order valence-corrected chi connectivity index (χ3v) is 3.05. The zero-order valence-electron chi connectivity index (χ0n) is 10.5. The van der Waals surface area contributed by atoms with Gasteiger partial charge in [-0.1, -0.05) is 11.6 Å². The van der Waals surface area contributed by atoms with Crippen LogP contribution in [0, 0.1) is 0 Å². The Labute approximate surface area is 120 Å². The SMILES string of the molecule is CC(=O)NCCn1c(CCCl)nc2cc(Cl)cnc21. The smallest absolute Gasteiger partial charge is 0.216 e. The minimum atomic E-state index is -0.0562. The Morgan fingerprint density at radius 2 is 2.32 bits per heavy atom. The molecule has 0 atom stereocenters. The standard InChI is InChI=1S/C12H14Cl2N4O/c1-8(19)15-4-5-18-11(2-3-13)17-10-6-9(14)7-16-12(10)18/h6-7H,2-5H2,1H3,(H,15,19). The van der Waals surface area contributed by atoms with Crippen molar-refractivity contribution in [2.24, 2.45) is 0 Å². The van der Waals surface area contributed by atoms with E-state index in [0.717, 1.165) is 17.0 Å². The van der Waals surface area contributed by atoms with Gasteiger partial charge in [0.25, 0.3) is 0 Å². The average Bonchev–Trinajstić information content (AvgIpc) is 2.66. The zero-order valence-corrected chi connectivity index (χ0v) is 12.0. The first-order chi connectivity index (χ1) is 9.11. The quantitative estimate of drug-likeness (QED) is 0.859. The number of pyridine rings is 1. The van der Waals surface area contributed by atoms with Crippen LogP contribution in [0.15, 0.2) is 12.3 Å². The van der Waals surface area contributed by atoms with Crippen LogP contribution in [0.3, 0.4) is 0 Å². The van der Waals surface area contributed by atoms with Crippen molar-refractivity contribution >= 4 is 40.3 Å². The Balaban J connectivity index is 2.31. The summed E-state index contributed by atoms with van der Waals surface area (Å²) < 4.78 is 1.96. The van der Waals surface area contributed by atoms with Gasteiger partial charge in [-0.15, -0.1) is 11.6 Å². The fraction of sp³-hybridized carbons (Fsp3) is 0.417. The molecule has 1 amide bonds. The minimum absolute atomic E-state index is 0.0562. The summed E-state index contributed by atoms with van der Waals surface area (Å²) in [5.41, 5.74) is 1.50. The molecular formula is C12H14Cl2N4O. The molecule has 0 fully saturated rings. The Kier molecular flexibility index (Phi) is 4.61. The lowest BCUT2D eigenvalue weighted by Gasteiger charge is -2.08. The molecule has 0 saturated heterocycles. The lowest BCUT2D eigenvalue weighted by atomic mass is 10.4. The van der Waals surface area contributed by atoms with Crippen molar-refractivity contribution in [2.45, 2.75) is 19.9 Å². The fourth-order valence-corrected chi connectivity index (χ4v) is 2.21. The minimum Gasteiger partial charge on any atom is -0.355 e. The molecule has 19 heavy (non-hydrogen) atoms. The highest BCUT2D eigenvalue weighted by Gasteiger charge is 2.11. The van der Waals surface area contributed by atoms with Crippen LogP contribution >= 0.6 is 23.2 Å². The van der Waals surface area contributed by atoms with Crippen LogP contribution in [0.2, 0.25) is 5.02 Å².